The van der Waals surface area contributed by atoms with Crippen molar-refractivity contribution >= 4 is 11.6 Å². The van der Waals surface area contributed by atoms with Crippen LogP contribution in [0.4, 0.5) is 0 Å². The van der Waals surface area contributed by atoms with E-state index in [0.717, 1.165) is 24.4 Å². The molecule has 1 unspecified atom stereocenters. The molecule has 0 fully saturated rings. The van der Waals surface area contributed by atoms with Crippen LogP contribution in [0, 0.1) is 0 Å². The Kier molecular flexibility index (Phi) is 3.82. The standard InChI is InChI=1S/C13H16ClN3/c1-2-7-17-8-6-16-13(17)12(15)10-4-3-5-11(14)9-10/h3-6,8-9,12H,2,7,15H2,1H3. The zero-order valence-electron chi connectivity index (χ0n) is 9.81. The minimum absolute atomic E-state index is 0.227. The Morgan fingerprint density at radius 2 is 2.29 bits per heavy atom. The first-order valence-electron chi connectivity index (χ1n) is 5.74. The summed E-state index contributed by atoms with van der Waals surface area (Å²) in [4.78, 5) is 4.34. The van der Waals surface area contributed by atoms with E-state index in [0.29, 0.717) is 5.02 Å². The van der Waals surface area contributed by atoms with E-state index in [2.05, 4.69) is 16.5 Å². The first-order chi connectivity index (χ1) is 8.22. The number of hydrogen-bond acceptors (Lipinski definition) is 2. The smallest absolute Gasteiger partial charge is 0.130 e. The summed E-state index contributed by atoms with van der Waals surface area (Å²) in [5.41, 5.74) is 7.21. The van der Waals surface area contributed by atoms with E-state index >= 15 is 0 Å². The van der Waals surface area contributed by atoms with Crippen molar-refractivity contribution < 1.29 is 0 Å². The van der Waals surface area contributed by atoms with Crippen LogP contribution in [0.5, 0.6) is 0 Å². The SMILES string of the molecule is CCCn1ccnc1C(N)c1cccc(Cl)c1. The third-order valence-electron chi connectivity index (χ3n) is 2.70. The highest BCUT2D eigenvalue weighted by molar-refractivity contribution is 6.30. The summed E-state index contributed by atoms with van der Waals surface area (Å²) in [5.74, 6) is 0.883. The molecule has 2 rings (SSSR count). The number of nitrogens with zero attached hydrogens (tertiary/aromatic N) is 2. The number of hydrogen-bond donors (Lipinski definition) is 1. The summed E-state index contributed by atoms with van der Waals surface area (Å²) in [6.07, 6.45) is 4.81. The molecule has 90 valence electrons. The molecule has 0 aliphatic rings. The molecular weight excluding hydrogens is 234 g/mol. The minimum atomic E-state index is -0.227. The van der Waals surface area contributed by atoms with Crippen molar-refractivity contribution in [2.24, 2.45) is 5.73 Å². The summed E-state index contributed by atoms with van der Waals surface area (Å²) in [6.45, 7) is 3.07. The van der Waals surface area contributed by atoms with Crippen LogP contribution in [0.1, 0.15) is 30.8 Å². The number of imidazole rings is 1. The van der Waals surface area contributed by atoms with Gasteiger partial charge in [0.1, 0.15) is 5.82 Å². The molecule has 0 radical (unpaired) electrons. The maximum atomic E-state index is 6.22. The Balaban J connectivity index is 2.30. The van der Waals surface area contributed by atoms with E-state index in [1.54, 1.807) is 6.20 Å². The first kappa shape index (κ1) is 12.1. The third-order valence-corrected chi connectivity index (χ3v) is 2.93. The van der Waals surface area contributed by atoms with Gasteiger partial charge in [0.05, 0.1) is 6.04 Å². The Hall–Kier alpha value is -1.32. The molecule has 17 heavy (non-hydrogen) atoms. The fourth-order valence-electron chi connectivity index (χ4n) is 1.88. The second-order valence-electron chi connectivity index (χ2n) is 4.01. The molecule has 0 saturated carbocycles. The van der Waals surface area contributed by atoms with Gasteiger partial charge in [-0.2, -0.15) is 0 Å². The van der Waals surface area contributed by atoms with Gasteiger partial charge in [-0.1, -0.05) is 30.7 Å². The van der Waals surface area contributed by atoms with Crippen molar-refractivity contribution in [1.82, 2.24) is 9.55 Å². The van der Waals surface area contributed by atoms with Gasteiger partial charge in [-0.15, -0.1) is 0 Å². The fraction of sp³-hybridized carbons (Fsp3) is 0.308. The minimum Gasteiger partial charge on any atom is -0.333 e. The molecule has 1 aromatic heterocycles. The van der Waals surface area contributed by atoms with E-state index in [-0.39, 0.29) is 6.04 Å². The van der Waals surface area contributed by atoms with E-state index in [1.807, 2.05) is 30.5 Å². The maximum absolute atomic E-state index is 6.22. The van der Waals surface area contributed by atoms with Gasteiger partial charge >= 0.3 is 0 Å². The van der Waals surface area contributed by atoms with Crippen LogP contribution in [-0.4, -0.2) is 9.55 Å². The van der Waals surface area contributed by atoms with Crippen molar-refractivity contribution in [3.8, 4) is 0 Å². The molecule has 0 saturated heterocycles. The molecule has 2 N–H and O–H groups in total. The van der Waals surface area contributed by atoms with Gasteiger partial charge in [0.15, 0.2) is 0 Å². The van der Waals surface area contributed by atoms with Crippen molar-refractivity contribution in [1.29, 1.82) is 0 Å². The number of halogens is 1. The van der Waals surface area contributed by atoms with E-state index in [1.165, 1.54) is 0 Å². The molecule has 3 nitrogen and oxygen atoms in total. The highest BCUT2D eigenvalue weighted by atomic mass is 35.5. The van der Waals surface area contributed by atoms with Crippen molar-refractivity contribution in [3.05, 3.63) is 53.1 Å². The average Bonchev–Trinajstić information content (AvgIpc) is 2.77. The second kappa shape index (κ2) is 5.34. The van der Waals surface area contributed by atoms with Crippen LogP contribution in [0.15, 0.2) is 36.7 Å². The van der Waals surface area contributed by atoms with Crippen molar-refractivity contribution in [2.45, 2.75) is 25.9 Å². The van der Waals surface area contributed by atoms with Crippen LogP contribution >= 0.6 is 11.6 Å². The normalized spacial score (nSPS) is 12.6. The molecule has 0 amide bonds. The maximum Gasteiger partial charge on any atom is 0.130 e. The third kappa shape index (κ3) is 2.68. The van der Waals surface area contributed by atoms with Gasteiger partial charge in [0, 0.05) is 24.0 Å². The summed E-state index contributed by atoms with van der Waals surface area (Å²) in [7, 11) is 0. The number of nitrogens with two attached hydrogens (primary N) is 1. The molecular formula is C13H16ClN3. The van der Waals surface area contributed by atoms with E-state index < -0.39 is 0 Å². The van der Waals surface area contributed by atoms with E-state index in [9.17, 15) is 0 Å². The summed E-state index contributed by atoms with van der Waals surface area (Å²) < 4.78 is 2.09. The Bertz CT molecular complexity index is 493. The number of rotatable bonds is 4. The van der Waals surface area contributed by atoms with Crippen LogP contribution in [0.3, 0.4) is 0 Å². The van der Waals surface area contributed by atoms with Crippen LogP contribution < -0.4 is 5.73 Å². The zero-order chi connectivity index (χ0) is 12.3. The van der Waals surface area contributed by atoms with Gasteiger partial charge in [0.2, 0.25) is 0 Å². The van der Waals surface area contributed by atoms with E-state index in [4.69, 9.17) is 17.3 Å². The highest BCUT2D eigenvalue weighted by Gasteiger charge is 2.14. The number of aromatic nitrogens is 2. The van der Waals surface area contributed by atoms with Crippen LogP contribution in [0.2, 0.25) is 5.02 Å². The second-order valence-corrected chi connectivity index (χ2v) is 4.45. The summed E-state index contributed by atoms with van der Waals surface area (Å²) in [6, 6.07) is 7.38. The molecule has 0 aliphatic carbocycles. The summed E-state index contributed by atoms with van der Waals surface area (Å²) in [5, 5.41) is 0.701. The lowest BCUT2D eigenvalue weighted by Gasteiger charge is -2.14. The van der Waals surface area contributed by atoms with Gasteiger partial charge < -0.3 is 10.3 Å². The van der Waals surface area contributed by atoms with Gasteiger partial charge in [0.25, 0.3) is 0 Å². The molecule has 4 heteroatoms. The van der Waals surface area contributed by atoms with Crippen LogP contribution in [0.25, 0.3) is 0 Å². The topological polar surface area (TPSA) is 43.8 Å². The zero-order valence-corrected chi connectivity index (χ0v) is 10.6. The Labute approximate surface area is 106 Å². The largest absolute Gasteiger partial charge is 0.333 e. The molecule has 0 spiro atoms. The van der Waals surface area contributed by atoms with Crippen LogP contribution in [-0.2, 0) is 6.54 Å². The monoisotopic (exact) mass is 249 g/mol. The molecule has 0 aliphatic heterocycles. The molecule has 2 aromatic rings. The average molecular weight is 250 g/mol. The predicted octanol–water partition coefficient (Wildman–Crippen LogP) is 2.99. The highest BCUT2D eigenvalue weighted by Crippen LogP contribution is 2.21. The van der Waals surface area contributed by atoms with Gasteiger partial charge in [-0.3, -0.25) is 0 Å². The lowest BCUT2D eigenvalue weighted by molar-refractivity contribution is 0.613. The lowest BCUT2D eigenvalue weighted by atomic mass is 10.1. The molecule has 1 heterocycles. The van der Waals surface area contributed by atoms with Crippen molar-refractivity contribution in [3.63, 3.8) is 0 Å². The number of aryl methyl sites for hydroxylation is 1. The Morgan fingerprint density at radius 3 is 3.00 bits per heavy atom. The van der Waals surface area contributed by atoms with Gasteiger partial charge in [-0.25, -0.2) is 4.98 Å². The van der Waals surface area contributed by atoms with Gasteiger partial charge in [-0.05, 0) is 24.1 Å². The first-order valence-corrected chi connectivity index (χ1v) is 6.12. The van der Waals surface area contributed by atoms with Crippen molar-refractivity contribution in [2.75, 3.05) is 0 Å². The summed E-state index contributed by atoms with van der Waals surface area (Å²) >= 11 is 5.97. The fourth-order valence-corrected chi connectivity index (χ4v) is 2.08. The Morgan fingerprint density at radius 1 is 1.47 bits per heavy atom. The lowest BCUT2D eigenvalue weighted by Crippen LogP contribution is -2.17. The number of benzene rings is 1. The quantitative estimate of drug-likeness (QED) is 0.905. The molecule has 0 bridgehead atoms. The molecule has 1 aromatic carbocycles. The molecule has 1 atom stereocenters. The predicted molar refractivity (Wildman–Crippen MR) is 70.0 cm³/mol.